The molecule has 1 N–H and O–H groups in total. The number of aromatic nitrogens is 1. The van der Waals surface area contributed by atoms with Gasteiger partial charge in [-0.25, -0.2) is 4.98 Å². The van der Waals surface area contributed by atoms with Crippen LogP contribution in [0.5, 0.6) is 0 Å². The first-order valence-electron chi connectivity index (χ1n) is 7.18. The number of hydrogen-bond donors (Lipinski definition) is 1. The highest BCUT2D eigenvalue weighted by Crippen LogP contribution is 2.14. The molecule has 4 nitrogen and oxygen atoms in total. The van der Waals surface area contributed by atoms with Crippen LogP contribution in [0, 0.1) is 6.92 Å². The Bertz CT molecular complexity index is 515. The number of oxazole rings is 1. The van der Waals surface area contributed by atoms with Gasteiger partial charge in [0.05, 0.1) is 12.7 Å². The van der Waals surface area contributed by atoms with Gasteiger partial charge in [-0.3, -0.25) is 0 Å². The van der Waals surface area contributed by atoms with E-state index in [-0.39, 0.29) is 0 Å². The second-order valence-corrected chi connectivity index (χ2v) is 4.81. The second kappa shape index (κ2) is 7.10. The summed E-state index contributed by atoms with van der Waals surface area (Å²) < 4.78 is 5.42. The summed E-state index contributed by atoms with van der Waals surface area (Å²) in [7, 11) is 0. The van der Waals surface area contributed by atoms with Crippen LogP contribution < -0.4 is 10.2 Å². The lowest BCUT2D eigenvalue weighted by molar-refractivity contribution is 0.449. The molecule has 0 bridgehead atoms. The molecule has 0 aliphatic heterocycles. The van der Waals surface area contributed by atoms with Crippen LogP contribution in [0.4, 0.5) is 5.69 Å². The van der Waals surface area contributed by atoms with E-state index in [1.165, 1.54) is 11.3 Å². The number of nitrogens with zero attached hydrogens (tertiary/aromatic N) is 2. The molecular weight excluding hydrogens is 250 g/mol. The van der Waals surface area contributed by atoms with Gasteiger partial charge in [-0.2, -0.15) is 0 Å². The summed E-state index contributed by atoms with van der Waals surface area (Å²) in [6, 6.07) is 8.70. The minimum absolute atomic E-state index is 0.658. The summed E-state index contributed by atoms with van der Waals surface area (Å²) in [6.07, 6.45) is 1.75. The monoisotopic (exact) mass is 273 g/mol. The molecule has 2 aromatic rings. The van der Waals surface area contributed by atoms with Gasteiger partial charge in [0.15, 0.2) is 0 Å². The first kappa shape index (κ1) is 14.6. The molecule has 0 unspecified atom stereocenters. The van der Waals surface area contributed by atoms with Crippen molar-refractivity contribution in [1.82, 2.24) is 10.3 Å². The van der Waals surface area contributed by atoms with Crippen molar-refractivity contribution < 1.29 is 4.42 Å². The molecule has 0 saturated carbocycles. The topological polar surface area (TPSA) is 41.3 Å². The molecule has 1 aromatic carbocycles. The molecule has 108 valence electrons. The molecule has 0 fully saturated rings. The molecule has 1 aromatic heterocycles. The number of benzene rings is 1. The van der Waals surface area contributed by atoms with Crippen LogP contribution >= 0.6 is 0 Å². The zero-order chi connectivity index (χ0) is 14.4. The van der Waals surface area contributed by atoms with Crippen LogP contribution in [0.3, 0.4) is 0 Å². The second-order valence-electron chi connectivity index (χ2n) is 4.81. The van der Waals surface area contributed by atoms with Gasteiger partial charge in [-0.1, -0.05) is 12.1 Å². The molecule has 0 amide bonds. The largest absolute Gasteiger partial charge is 0.445 e. The fraction of sp³-hybridized carbons (Fsp3) is 0.438. The third kappa shape index (κ3) is 3.84. The minimum Gasteiger partial charge on any atom is -0.445 e. The van der Waals surface area contributed by atoms with Gasteiger partial charge in [-0.05, 0) is 38.5 Å². The maximum Gasteiger partial charge on any atom is 0.208 e. The van der Waals surface area contributed by atoms with Crippen LogP contribution in [0.25, 0.3) is 0 Å². The Morgan fingerprint density at radius 2 is 1.80 bits per heavy atom. The van der Waals surface area contributed by atoms with Crippen LogP contribution in [-0.4, -0.2) is 18.1 Å². The molecular formula is C16H23N3O. The Morgan fingerprint density at radius 1 is 1.10 bits per heavy atom. The zero-order valence-electron chi connectivity index (χ0n) is 12.5. The molecule has 20 heavy (non-hydrogen) atoms. The van der Waals surface area contributed by atoms with Crippen LogP contribution in [0.2, 0.25) is 0 Å². The summed E-state index contributed by atoms with van der Waals surface area (Å²) in [6.45, 7) is 9.82. The van der Waals surface area contributed by atoms with Crippen molar-refractivity contribution in [3.8, 4) is 0 Å². The lowest BCUT2D eigenvalue weighted by atomic mass is 10.2. The van der Waals surface area contributed by atoms with Crippen molar-refractivity contribution in [3.63, 3.8) is 0 Å². The average molecular weight is 273 g/mol. The summed E-state index contributed by atoms with van der Waals surface area (Å²) in [4.78, 5) is 6.51. The fourth-order valence-electron chi connectivity index (χ4n) is 2.21. The standard InChI is InChI=1S/C16H23N3O/c1-4-19(5-2)15-8-6-14(7-9-15)11-17-12-16-18-10-13(3)20-16/h6-10,17H,4-5,11-12H2,1-3H3. The third-order valence-electron chi connectivity index (χ3n) is 3.34. The number of nitrogens with one attached hydrogen (secondary N) is 1. The molecule has 0 aliphatic rings. The zero-order valence-corrected chi connectivity index (χ0v) is 12.5. The maximum atomic E-state index is 5.42. The van der Waals surface area contributed by atoms with Crippen molar-refractivity contribution in [3.05, 3.63) is 47.7 Å². The fourth-order valence-corrected chi connectivity index (χ4v) is 2.21. The third-order valence-corrected chi connectivity index (χ3v) is 3.34. The lowest BCUT2D eigenvalue weighted by Crippen LogP contribution is -2.21. The normalized spacial score (nSPS) is 10.8. The van der Waals surface area contributed by atoms with E-state index in [1.807, 2.05) is 6.92 Å². The Labute approximate surface area is 120 Å². The van der Waals surface area contributed by atoms with Crippen LogP contribution in [0.15, 0.2) is 34.9 Å². The Morgan fingerprint density at radius 3 is 2.35 bits per heavy atom. The van der Waals surface area contributed by atoms with E-state index in [1.54, 1.807) is 6.20 Å². The van der Waals surface area contributed by atoms with Crippen LogP contribution in [-0.2, 0) is 13.1 Å². The van der Waals surface area contributed by atoms with Crippen molar-refractivity contribution >= 4 is 5.69 Å². The van der Waals surface area contributed by atoms with Gasteiger partial charge in [0.2, 0.25) is 5.89 Å². The number of aryl methyl sites for hydroxylation is 1. The van der Waals surface area contributed by atoms with E-state index in [2.05, 4.69) is 53.3 Å². The summed E-state index contributed by atoms with van der Waals surface area (Å²) >= 11 is 0. The molecule has 1 heterocycles. The van der Waals surface area contributed by atoms with Gasteiger partial charge in [0.25, 0.3) is 0 Å². The van der Waals surface area contributed by atoms with Gasteiger partial charge < -0.3 is 14.6 Å². The average Bonchev–Trinajstić information content (AvgIpc) is 2.87. The Hall–Kier alpha value is -1.81. The molecule has 0 saturated heterocycles. The quantitative estimate of drug-likeness (QED) is 0.841. The van der Waals surface area contributed by atoms with E-state index < -0.39 is 0 Å². The van der Waals surface area contributed by atoms with Crippen LogP contribution in [0.1, 0.15) is 31.1 Å². The highest BCUT2D eigenvalue weighted by Gasteiger charge is 2.02. The Balaban J connectivity index is 1.84. The van der Waals surface area contributed by atoms with Crippen molar-refractivity contribution in [2.45, 2.75) is 33.9 Å². The summed E-state index contributed by atoms with van der Waals surface area (Å²) in [5, 5.41) is 3.34. The first-order valence-corrected chi connectivity index (χ1v) is 7.18. The highest BCUT2D eigenvalue weighted by molar-refractivity contribution is 5.47. The van der Waals surface area contributed by atoms with Crippen molar-refractivity contribution in [1.29, 1.82) is 0 Å². The minimum atomic E-state index is 0.658. The van der Waals surface area contributed by atoms with E-state index in [9.17, 15) is 0 Å². The van der Waals surface area contributed by atoms with Gasteiger partial charge in [0.1, 0.15) is 5.76 Å². The highest BCUT2D eigenvalue weighted by atomic mass is 16.4. The predicted octanol–water partition coefficient (Wildman–Crippen LogP) is 3.12. The van der Waals surface area contributed by atoms with Crippen molar-refractivity contribution in [2.75, 3.05) is 18.0 Å². The molecule has 0 atom stereocenters. The van der Waals surface area contributed by atoms with Gasteiger partial charge in [-0.15, -0.1) is 0 Å². The Kier molecular flexibility index (Phi) is 5.18. The summed E-state index contributed by atoms with van der Waals surface area (Å²) in [5.74, 6) is 1.59. The molecule has 0 aliphatic carbocycles. The first-order chi connectivity index (χ1) is 9.72. The van der Waals surface area contributed by atoms with Gasteiger partial charge in [0, 0.05) is 25.3 Å². The predicted molar refractivity (Wildman–Crippen MR) is 81.8 cm³/mol. The van der Waals surface area contributed by atoms with Crippen molar-refractivity contribution in [2.24, 2.45) is 0 Å². The molecule has 0 spiro atoms. The molecule has 2 rings (SSSR count). The van der Waals surface area contributed by atoms with E-state index in [4.69, 9.17) is 4.42 Å². The number of hydrogen-bond acceptors (Lipinski definition) is 4. The number of rotatable bonds is 7. The van der Waals surface area contributed by atoms with E-state index in [0.717, 1.165) is 31.3 Å². The number of anilines is 1. The summed E-state index contributed by atoms with van der Waals surface area (Å²) in [5.41, 5.74) is 2.55. The maximum absolute atomic E-state index is 5.42. The van der Waals surface area contributed by atoms with Gasteiger partial charge >= 0.3 is 0 Å². The molecule has 4 heteroatoms. The lowest BCUT2D eigenvalue weighted by Gasteiger charge is -2.21. The molecule has 0 radical (unpaired) electrons. The smallest absolute Gasteiger partial charge is 0.208 e. The SMILES string of the molecule is CCN(CC)c1ccc(CNCc2ncc(C)o2)cc1. The van der Waals surface area contributed by atoms with E-state index in [0.29, 0.717) is 6.54 Å². The van der Waals surface area contributed by atoms with E-state index >= 15 is 0 Å².